The van der Waals surface area contributed by atoms with Crippen molar-refractivity contribution in [3.05, 3.63) is 71.8 Å². The molecule has 0 aromatic heterocycles. The second-order valence-electron chi connectivity index (χ2n) is 5.46. The molecule has 4 heteroatoms. The van der Waals surface area contributed by atoms with Gasteiger partial charge in [0, 0.05) is 0 Å². The largest absolute Gasteiger partial charge is 0.468 e. The van der Waals surface area contributed by atoms with Crippen LogP contribution in [0.5, 0.6) is 0 Å². The van der Waals surface area contributed by atoms with E-state index in [2.05, 4.69) is 0 Å². The molecule has 2 aromatic carbocycles. The lowest BCUT2D eigenvalue weighted by Gasteiger charge is -2.21. The molecule has 4 nitrogen and oxygen atoms in total. The Labute approximate surface area is 148 Å². The predicted octanol–water partition coefficient (Wildman–Crippen LogP) is 3.97. The van der Waals surface area contributed by atoms with Crippen LogP contribution in [-0.4, -0.2) is 26.2 Å². The molecule has 2 aromatic rings. The second kappa shape index (κ2) is 8.83. The standard InChI is InChI=1S/C21H22O4/c1-4-17(15-11-7-5-8-12-15)18(16-13-9-6-10-14-16)19(20(22)24-2)21(23)25-3/h5-14,19H,4H2,1-3H3/b18-17+. The molecule has 2 rings (SSSR count). The lowest BCUT2D eigenvalue weighted by Crippen LogP contribution is -2.28. The highest BCUT2D eigenvalue weighted by Crippen LogP contribution is 2.35. The molecule has 0 N–H and O–H groups in total. The summed E-state index contributed by atoms with van der Waals surface area (Å²) < 4.78 is 9.79. The Morgan fingerprint density at radius 2 is 1.24 bits per heavy atom. The normalized spacial score (nSPS) is 11.7. The molecule has 0 unspecified atom stereocenters. The lowest BCUT2D eigenvalue weighted by molar-refractivity contribution is -0.155. The van der Waals surface area contributed by atoms with Gasteiger partial charge in [-0.3, -0.25) is 9.59 Å². The third kappa shape index (κ3) is 4.15. The Bertz CT molecular complexity index is 732. The van der Waals surface area contributed by atoms with Gasteiger partial charge in [0.15, 0.2) is 5.92 Å². The van der Waals surface area contributed by atoms with E-state index in [9.17, 15) is 9.59 Å². The quantitative estimate of drug-likeness (QED) is 0.454. The highest BCUT2D eigenvalue weighted by molar-refractivity contribution is 6.12. The number of carbonyl (C=O) groups excluding carboxylic acids is 2. The van der Waals surface area contributed by atoms with Gasteiger partial charge in [-0.15, -0.1) is 0 Å². The van der Waals surface area contributed by atoms with Crippen LogP contribution in [0.2, 0.25) is 0 Å². The molecular formula is C21H22O4. The summed E-state index contributed by atoms with van der Waals surface area (Å²) in [6.07, 6.45) is 0.652. The van der Waals surface area contributed by atoms with Gasteiger partial charge in [0.1, 0.15) is 0 Å². The van der Waals surface area contributed by atoms with Crippen molar-refractivity contribution in [3.63, 3.8) is 0 Å². The Kier molecular flexibility index (Phi) is 6.52. The van der Waals surface area contributed by atoms with E-state index >= 15 is 0 Å². The van der Waals surface area contributed by atoms with Crippen LogP contribution in [0.15, 0.2) is 60.7 Å². The summed E-state index contributed by atoms with van der Waals surface area (Å²) in [6.45, 7) is 2.00. The van der Waals surface area contributed by atoms with Crippen LogP contribution >= 0.6 is 0 Å². The fraction of sp³-hybridized carbons (Fsp3) is 0.238. The first-order valence-corrected chi connectivity index (χ1v) is 8.13. The molecule has 0 aliphatic carbocycles. The number of hydrogen-bond donors (Lipinski definition) is 0. The zero-order valence-corrected chi connectivity index (χ0v) is 14.7. The maximum absolute atomic E-state index is 12.4. The van der Waals surface area contributed by atoms with E-state index in [0.717, 1.165) is 16.7 Å². The van der Waals surface area contributed by atoms with Gasteiger partial charge in [-0.25, -0.2) is 0 Å². The summed E-state index contributed by atoms with van der Waals surface area (Å²) in [6, 6.07) is 19.1. The van der Waals surface area contributed by atoms with E-state index in [1.165, 1.54) is 14.2 Å². The Hall–Kier alpha value is -2.88. The third-order valence-electron chi connectivity index (χ3n) is 4.05. The minimum Gasteiger partial charge on any atom is -0.468 e. The van der Waals surface area contributed by atoms with E-state index in [-0.39, 0.29) is 0 Å². The lowest BCUT2D eigenvalue weighted by atomic mass is 9.84. The van der Waals surface area contributed by atoms with Gasteiger partial charge in [-0.2, -0.15) is 0 Å². The van der Waals surface area contributed by atoms with E-state index < -0.39 is 17.9 Å². The summed E-state index contributed by atoms with van der Waals surface area (Å²) in [5.41, 5.74) is 3.28. The molecule has 0 heterocycles. The second-order valence-corrected chi connectivity index (χ2v) is 5.46. The molecule has 130 valence electrons. The van der Waals surface area contributed by atoms with Crippen molar-refractivity contribution < 1.29 is 19.1 Å². The van der Waals surface area contributed by atoms with E-state index in [4.69, 9.17) is 9.47 Å². The smallest absolute Gasteiger partial charge is 0.324 e. The number of allylic oxidation sites excluding steroid dienone is 1. The Balaban J connectivity index is 2.78. The number of carbonyl (C=O) groups is 2. The van der Waals surface area contributed by atoms with Gasteiger partial charge in [0.25, 0.3) is 0 Å². The van der Waals surface area contributed by atoms with Crippen LogP contribution in [0.1, 0.15) is 24.5 Å². The van der Waals surface area contributed by atoms with Crippen LogP contribution < -0.4 is 0 Å². The first kappa shape index (κ1) is 18.5. The first-order valence-electron chi connectivity index (χ1n) is 8.13. The minimum absolute atomic E-state index is 0.619. The van der Waals surface area contributed by atoms with E-state index in [1.54, 1.807) is 0 Å². The summed E-state index contributed by atoms with van der Waals surface area (Å²) in [4.78, 5) is 24.8. The number of methoxy groups -OCH3 is 2. The predicted molar refractivity (Wildman–Crippen MR) is 97.5 cm³/mol. The monoisotopic (exact) mass is 338 g/mol. The number of benzene rings is 2. The summed E-state index contributed by atoms with van der Waals surface area (Å²) >= 11 is 0. The van der Waals surface area contributed by atoms with Crippen molar-refractivity contribution in [1.29, 1.82) is 0 Å². The van der Waals surface area contributed by atoms with Crippen LogP contribution in [0.3, 0.4) is 0 Å². The zero-order chi connectivity index (χ0) is 18.2. The maximum atomic E-state index is 12.4. The molecule has 25 heavy (non-hydrogen) atoms. The summed E-state index contributed by atoms with van der Waals surface area (Å²) in [7, 11) is 2.55. The van der Waals surface area contributed by atoms with Crippen molar-refractivity contribution >= 4 is 23.1 Å². The Morgan fingerprint density at radius 3 is 1.64 bits per heavy atom. The van der Waals surface area contributed by atoms with Gasteiger partial charge >= 0.3 is 11.9 Å². The SMILES string of the molecule is CC/C(=C(/c1ccccc1)C(C(=O)OC)C(=O)OC)c1ccccc1. The molecule has 0 saturated carbocycles. The average Bonchev–Trinajstić information content (AvgIpc) is 2.68. The van der Waals surface area contributed by atoms with Crippen LogP contribution in [0.4, 0.5) is 0 Å². The fourth-order valence-corrected chi connectivity index (χ4v) is 2.89. The molecule has 0 bridgehead atoms. The molecule has 0 spiro atoms. The number of hydrogen-bond acceptors (Lipinski definition) is 4. The third-order valence-corrected chi connectivity index (χ3v) is 4.05. The van der Waals surface area contributed by atoms with E-state index in [1.807, 2.05) is 67.6 Å². The molecule has 0 atom stereocenters. The maximum Gasteiger partial charge on any atom is 0.324 e. The van der Waals surface area contributed by atoms with Crippen LogP contribution in [0.25, 0.3) is 11.1 Å². The van der Waals surface area contributed by atoms with Gasteiger partial charge in [0.05, 0.1) is 14.2 Å². The van der Waals surface area contributed by atoms with Gasteiger partial charge in [-0.05, 0) is 28.7 Å². The van der Waals surface area contributed by atoms with Gasteiger partial charge in [0.2, 0.25) is 0 Å². The van der Waals surface area contributed by atoms with Crippen molar-refractivity contribution in [2.45, 2.75) is 13.3 Å². The average molecular weight is 338 g/mol. The summed E-state index contributed by atoms with van der Waals surface area (Å²) in [5.74, 6) is -2.40. The molecule has 0 aliphatic heterocycles. The molecule has 0 amide bonds. The minimum atomic E-state index is -1.13. The molecule has 0 fully saturated rings. The number of esters is 2. The molecule has 0 saturated heterocycles. The number of ether oxygens (including phenoxy) is 2. The van der Waals surface area contributed by atoms with Crippen molar-refractivity contribution in [2.24, 2.45) is 5.92 Å². The first-order chi connectivity index (χ1) is 12.1. The van der Waals surface area contributed by atoms with Crippen LogP contribution in [-0.2, 0) is 19.1 Å². The van der Waals surface area contributed by atoms with Gasteiger partial charge < -0.3 is 9.47 Å². The topological polar surface area (TPSA) is 52.6 Å². The highest BCUT2D eigenvalue weighted by Gasteiger charge is 2.35. The van der Waals surface area contributed by atoms with E-state index in [0.29, 0.717) is 12.0 Å². The molecule has 0 radical (unpaired) electrons. The van der Waals surface area contributed by atoms with Crippen molar-refractivity contribution in [3.8, 4) is 0 Å². The summed E-state index contributed by atoms with van der Waals surface area (Å²) in [5, 5.41) is 0. The fourth-order valence-electron chi connectivity index (χ4n) is 2.89. The van der Waals surface area contributed by atoms with Crippen molar-refractivity contribution in [1.82, 2.24) is 0 Å². The zero-order valence-electron chi connectivity index (χ0n) is 14.7. The van der Waals surface area contributed by atoms with Crippen molar-refractivity contribution in [2.75, 3.05) is 14.2 Å². The molecule has 0 aliphatic rings. The number of rotatable bonds is 6. The van der Waals surface area contributed by atoms with Gasteiger partial charge in [-0.1, -0.05) is 67.6 Å². The van der Waals surface area contributed by atoms with Crippen LogP contribution in [0, 0.1) is 5.92 Å². The Morgan fingerprint density at radius 1 is 0.800 bits per heavy atom. The highest BCUT2D eigenvalue weighted by atomic mass is 16.5. The molecular weight excluding hydrogens is 316 g/mol.